The summed E-state index contributed by atoms with van der Waals surface area (Å²) in [4.78, 5) is 0. The zero-order chi connectivity index (χ0) is 22.6. The molecular weight excluding hydrogens is 436 g/mol. The van der Waals surface area contributed by atoms with Gasteiger partial charge in [0.15, 0.2) is 12.6 Å². The van der Waals surface area contributed by atoms with E-state index < -0.39 is 97.1 Å². The maximum Gasteiger partial charge on any atom is 0.267 e. The van der Waals surface area contributed by atoms with Crippen LogP contribution < -0.4 is 0 Å². The second kappa shape index (κ2) is 10.9. The van der Waals surface area contributed by atoms with E-state index in [2.05, 4.69) is 0 Å². The number of aliphatic hydroxyl groups is 6. The Labute approximate surface area is 172 Å². The molecule has 2 aliphatic rings. The molecule has 7 N–H and O–H groups in total. The largest absolute Gasteiger partial charge is 0.394 e. The van der Waals surface area contributed by atoms with E-state index in [1.807, 2.05) is 0 Å². The Morgan fingerprint density at radius 2 is 1.47 bits per heavy atom. The monoisotopic (exact) mass is 464 g/mol. The lowest BCUT2D eigenvalue weighted by atomic mass is 9.97. The first-order valence-corrected chi connectivity index (χ1v) is 10.6. The van der Waals surface area contributed by atoms with E-state index in [1.165, 1.54) is 7.11 Å². The molecule has 0 amide bonds. The van der Waals surface area contributed by atoms with Crippen LogP contribution in [0.5, 0.6) is 0 Å². The Bertz CT molecular complexity index is 629. The van der Waals surface area contributed by atoms with Gasteiger partial charge in [0.25, 0.3) is 10.1 Å². The zero-order valence-corrected chi connectivity index (χ0v) is 16.8. The average Bonchev–Trinajstić information content (AvgIpc) is 2.69. The first-order chi connectivity index (χ1) is 14.0. The molecule has 0 bridgehead atoms. The molecule has 0 saturated carbocycles. The number of hydrogen-bond acceptors (Lipinski definition) is 13. The second-order valence-electron chi connectivity index (χ2n) is 6.92. The third-order valence-electron chi connectivity index (χ3n) is 4.78. The number of aliphatic hydroxyl groups excluding tert-OH is 6. The fourth-order valence-electron chi connectivity index (χ4n) is 3.10. The van der Waals surface area contributed by atoms with Gasteiger partial charge in [-0.15, -0.1) is 0 Å². The molecule has 30 heavy (non-hydrogen) atoms. The molecule has 14 nitrogen and oxygen atoms in total. The summed E-state index contributed by atoms with van der Waals surface area (Å²) >= 11 is 0. The molecule has 0 spiro atoms. The molecule has 0 aromatic rings. The van der Waals surface area contributed by atoms with E-state index >= 15 is 0 Å². The quantitative estimate of drug-likeness (QED) is 0.126. The minimum atomic E-state index is -4.26. The standard InChI is InChI=1S/C15H28O14S/c1-25-14-12(21)10(19)13(6(4-16)27-14)29-15-11(20)9(18)8(17)7(28-15)5-26-2-3-30(22,23)24/h6-21H,2-5H2,1H3,(H,22,23,24)/t6?,7?,8-,9+,10-,11?,12?,13+,14-,15+/m0/s1. The first kappa shape index (κ1) is 25.7. The molecule has 0 aromatic heterocycles. The summed E-state index contributed by atoms with van der Waals surface area (Å²) < 4.78 is 56.0. The van der Waals surface area contributed by atoms with Crippen molar-refractivity contribution in [2.24, 2.45) is 0 Å². The van der Waals surface area contributed by atoms with E-state index in [9.17, 15) is 39.1 Å². The molecule has 10 atom stereocenters. The van der Waals surface area contributed by atoms with Crippen molar-refractivity contribution in [3.8, 4) is 0 Å². The Kier molecular flexibility index (Phi) is 9.32. The van der Waals surface area contributed by atoms with Crippen molar-refractivity contribution in [1.82, 2.24) is 0 Å². The van der Waals surface area contributed by atoms with Crippen LogP contribution in [0.1, 0.15) is 0 Å². The zero-order valence-electron chi connectivity index (χ0n) is 16.0. The van der Waals surface area contributed by atoms with Gasteiger partial charge < -0.3 is 54.3 Å². The van der Waals surface area contributed by atoms with Gasteiger partial charge in [0.1, 0.15) is 48.8 Å². The Morgan fingerprint density at radius 1 is 0.867 bits per heavy atom. The highest BCUT2D eigenvalue weighted by Gasteiger charge is 2.50. The highest BCUT2D eigenvalue weighted by Crippen LogP contribution is 2.29. The predicted octanol–water partition coefficient (Wildman–Crippen LogP) is -4.83. The topological polar surface area (TPSA) is 222 Å². The molecule has 2 saturated heterocycles. The minimum Gasteiger partial charge on any atom is -0.394 e. The van der Waals surface area contributed by atoms with Crippen molar-refractivity contribution < 1.29 is 67.3 Å². The van der Waals surface area contributed by atoms with E-state index in [-0.39, 0.29) is 0 Å². The second-order valence-corrected chi connectivity index (χ2v) is 8.49. The summed E-state index contributed by atoms with van der Waals surface area (Å²) in [6.07, 6.45) is -15.1. The first-order valence-electron chi connectivity index (χ1n) is 9.03. The van der Waals surface area contributed by atoms with Crippen LogP contribution in [0.3, 0.4) is 0 Å². The van der Waals surface area contributed by atoms with E-state index in [0.717, 1.165) is 0 Å². The summed E-state index contributed by atoms with van der Waals surface area (Å²) in [5.74, 6) is -0.705. The lowest BCUT2D eigenvalue weighted by molar-refractivity contribution is -0.357. The van der Waals surface area contributed by atoms with Gasteiger partial charge in [-0.25, -0.2) is 0 Å². The van der Waals surface area contributed by atoms with Crippen molar-refractivity contribution in [1.29, 1.82) is 0 Å². The normalized spacial score (nSPS) is 42.9. The van der Waals surface area contributed by atoms with Gasteiger partial charge in [-0.05, 0) is 0 Å². The number of methoxy groups -OCH3 is 1. The Balaban J connectivity index is 2.04. The van der Waals surface area contributed by atoms with Crippen LogP contribution in [0.25, 0.3) is 0 Å². The molecule has 0 aliphatic carbocycles. The maximum absolute atomic E-state index is 10.7. The third-order valence-corrected chi connectivity index (χ3v) is 5.46. The lowest BCUT2D eigenvalue weighted by Gasteiger charge is -2.45. The summed E-state index contributed by atoms with van der Waals surface area (Å²) in [6, 6.07) is 0. The smallest absolute Gasteiger partial charge is 0.267 e. The van der Waals surface area contributed by atoms with Gasteiger partial charge in [-0.2, -0.15) is 8.42 Å². The SMILES string of the molecule is CO[C@H]1OC(CO)[C@@H](O[C@H]2OC(COCCS(=O)(=O)O)[C@H](O)[C@@H](O)C2O)[C@@H](O)C1O. The van der Waals surface area contributed by atoms with Gasteiger partial charge in [-0.1, -0.05) is 0 Å². The maximum atomic E-state index is 10.7. The Morgan fingerprint density at radius 3 is 2.03 bits per heavy atom. The molecule has 178 valence electrons. The third kappa shape index (κ3) is 6.26. The van der Waals surface area contributed by atoms with Crippen molar-refractivity contribution in [3.63, 3.8) is 0 Å². The highest BCUT2D eigenvalue weighted by molar-refractivity contribution is 7.85. The van der Waals surface area contributed by atoms with Gasteiger partial charge in [0.2, 0.25) is 0 Å². The average molecular weight is 464 g/mol. The number of rotatable bonds is 9. The van der Waals surface area contributed by atoms with Gasteiger partial charge in [-0.3, -0.25) is 4.55 Å². The predicted molar refractivity (Wildman–Crippen MR) is 93.6 cm³/mol. The fourth-order valence-corrected chi connectivity index (χ4v) is 3.43. The van der Waals surface area contributed by atoms with Crippen molar-refractivity contribution in [3.05, 3.63) is 0 Å². The van der Waals surface area contributed by atoms with Crippen LogP contribution in [-0.4, -0.2) is 138 Å². The molecule has 4 unspecified atom stereocenters. The minimum absolute atomic E-state index is 0.429. The van der Waals surface area contributed by atoms with Crippen molar-refractivity contribution >= 4 is 10.1 Å². The summed E-state index contributed by atoms with van der Waals surface area (Å²) in [7, 11) is -3.04. The fraction of sp³-hybridized carbons (Fsp3) is 1.00. The Hall–Kier alpha value is -0.530. The van der Waals surface area contributed by atoms with Gasteiger partial charge >= 0.3 is 0 Å². The van der Waals surface area contributed by atoms with E-state index in [1.54, 1.807) is 0 Å². The summed E-state index contributed by atoms with van der Waals surface area (Å²) in [5, 5.41) is 60.1. The molecule has 2 heterocycles. The molecule has 2 rings (SSSR count). The molecule has 0 aromatic carbocycles. The molecule has 0 radical (unpaired) electrons. The van der Waals surface area contributed by atoms with E-state index in [4.69, 9.17) is 28.2 Å². The highest BCUT2D eigenvalue weighted by atomic mass is 32.2. The number of ether oxygens (including phenoxy) is 5. The van der Waals surface area contributed by atoms with Crippen molar-refractivity contribution in [2.75, 3.05) is 32.7 Å². The summed E-state index contributed by atoms with van der Waals surface area (Å²) in [5.41, 5.74) is 0. The van der Waals surface area contributed by atoms with Crippen LogP contribution in [0, 0.1) is 0 Å². The van der Waals surface area contributed by atoms with Crippen LogP contribution in [-0.2, 0) is 33.8 Å². The van der Waals surface area contributed by atoms with Gasteiger partial charge in [0.05, 0.1) is 25.6 Å². The van der Waals surface area contributed by atoms with Crippen LogP contribution in [0.4, 0.5) is 0 Å². The lowest BCUT2D eigenvalue weighted by Crippen LogP contribution is -2.64. The molecule has 2 fully saturated rings. The van der Waals surface area contributed by atoms with Crippen LogP contribution in [0.15, 0.2) is 0 Å². The van der Waals surface area contributed by atoms with Crippen LogP contribution >= 0.6 is 0 Å². The van der Waals surface area contributed by atoms with E-state index in [0.29, 0.717) is 0 Å². The van der Waals surface area contributed by atoms with Crippen LogP contribution in [0.2, 0.25) is 0 Å². The van der Waals surface area contributed by atoms with Gasteiger partial charge in [0, 0.05) is 7.11 Å². The summed E-state index contributed by atoms with van der Waals surface area (Å²) in [6.45, 7) is -1.51. The molecule has 15 heteroatoms. The van der Waals surface area contributed by atoms with Crippen molar-refractivity contribution in [2.45, 2.75) is 61.4 Å². The molecule has 2 aliphatic heterocycles. The molecular formula is C15H28O14S. The number of hydrogen-bond donors (Lipinski definition) is 7.